The van der Waals surface area contributed by atoms with Crippen molar-refractivity contribution in [3.05, 3.63) is 95.1 Å². The first-order valence-electron chi connectivity index (χ1n) is 9.16. The monoisotopic (exact) mass is 449 g/mol. The number of anilines is 1. The van der Waals surface area contributed by atoms with Crippen LogP contribution in [0.4, 0.5) is 18.9 Å². The third-order valence-corrected chi connectivity index (χ3v) is 5.98. The van der Waals surface area contributed by atoms with Crippen molar-refractivity contribution in [2.24, 2.45) is 0 Å². The predicted molar refractivity (Wildman–Crippen MR) is 110 cm³/mol. The molecule has 2 N–H and O–H groups in total. The molecule has 0 bridgehead atoms. The number of hydrogen-bond donors (Lipinski definition) is 2. The number of hydrogen-bond acceptors (Lipinski definition) is 3. The summed E-state index contributed by atoms with van der Waals surface area (Å²) in [6, 6.07) is 16.8. The van der Waals surface area contributed by atoms with Gasteiger partial charge in [-0.2, -0.15) is 13.2 Å². The molecule has 0 radical (unpaired) electrons. The number of nitrogens with one attached hydrogen (secondary N) is 1. The quantitative estimate of drug-likeness (QED) is 0.532. The summed E-state index contributed by atoms with van der Waals surface area (Å²) in [5.74, 6) is -1.03. The number of rotatable bonds is 7. The van der Waals surface area contributed by atoms with E-state index in [1.807, 2.05) is 0 Å². The lowest BCUT2D eigenvalue weighted by atomic mass is 10.0. The van der Waals surface area contributed by atoms with Crippen molar-refractivity contribution in [2.45, 2.75) is 23.9 Å². The van der Waals surface area contributed by atoms with E-state index in [2.05, 4.69) is 4.72 Å². The topological polar surface area (TPSA) is 83.5 Å². The van der Waals surface area contributed by atoms with Crippen molar-refractivity contribution in [3.63, 3.8) is 0 Å². The van der Waals surface area contributed by atoms with E-state index in [0.717, 1.165) is 29.3 Å². The molecule has 162 valence electrons. The van der Waals surface area contributed by atoms with E-state index in [1.54, 1.807) is 30.3 Å². The van der Waals surface area contributed by atoms with Gasteiger partial charge >= 0.3 is 12.1 Å². The van der Waals surface area contributed by atoms with Gasteiger partial charge in [-0.15, -0.1) is 0 Å². The zero-order valence-electron chi connectivity index (χ0n) is 16.1. The minimum atomic E-state index is -4.81. The molecule has 0 fully saturated rings. The summed E-state index contributed by atoms with van der Waals surface area (Å²) in [7, 11) is -4.46. The standard InChI is InChI=1S/C22H18F3NO4S/c23-22(24,25)19-9-1-2-10-20(19)31(29,30)26-18-8-4-6-16(14-18)12-11-15-5-3-7-17(13-15)21(27)28/h1-10,13-14,26H,11-12H2,(H,27,28). The highest BCUT2D eigenvalue weighted by Crippen LogP contribution is 2.34. The smallest absolute Gasteiger partial charge is 0.417 e. The van der Waals surface area contributed by atoms with Crippen LogP contribution >= 0.6 is 0 Å². The average molecular weight is 449 g/mol. The fourth-order valence-corrected chi connectivity index (χ4v) is 4.36. The number of carboxylic acid groups (broad SMARTS) is 1. The van der Waals surface area contributed by atoms with Crippen molar-refractivity contribution >= 4 is 21.7 Å². The van der Waals surface area contributed by atoms with E-state index >= 15 is 0 Å². The second-order valence-corrected chi connectivity index (χ2v) is 8.46. The Kier molecular flexibility index (Phi) is 6.35. The van der Waals surface area contributed by atoms with Crippen LogP contribution < -0.4 is 4.72 Å². The summed E-state index contributed by atoms with van der Waals surface area (Å²) in [6.45, 7) is 0. The fraction of sp³-hybridized carbons (Fsp3) is 0.136. The van der Waals surface area contributed by atoms with E-state index in [-0.39, 0.29) is 11.3 Å². The largest absolute Gasteiger partial charge is 0.478 e. The maximum Gasteiger partial charge on any atom is 0.417 e. The van der Waals surface area contributed by atoms with E-state index in [4.69, 9.17) is 5.11 Å². The fourth-order valence-electron chi connectivity index (χ4n) is 3.08. The van der Waals surface area contributed by atoms with Crippen LogP contribution in [0.15, 0.2) is 77.7 Å². The summed E-state index contributed by atoms with van der Waals surface area (Å²) < 4.78 is 67.0. The number of sulfonamides is 1. The number of aromatic carboxylic acids is 1. The first-order valence-corrected chi connectivity index (χ1v) is 10.6. The van der Waals surface area contributed by atoms with Gasteiger partial charge in [0.05, 0.1) is 16.0 Å². The Hall–Kier alpha value is -3.33. The van der Waals surface area contributed by atoms with Crippen LogP contribution in [-0.4, -0.2) is 19.5 Å². The highest BCUT2D eigenvalue weighted by atomic mass is 32.2. The molecule has 31 heavy (non-hydrogen) atoms. The summed E-state index contributed by atoms with van der Waals surface area (Å²) in [5, 5.41) is 9.07. The molecule has 0 heterocycles. The van der Waals surface area contributed by atoms with Crippen LogP contribution in [0.2, 0.25) is 0 Å². The Morgan fingerprint density at radius 3 is 2.13 bits per heavy atom. The van der Waals surface area contributed by atoms with Crippen molar-refractivity contribution in [2.75, 3.05) is 4.72 Å². The van der Waals surface area contributed by atoms with Crippen molar-refractivity contribution < 1.29 is 31.5 Å². The third-order valence-electron chi connectivity index (χ3n) is 4.54. The lowest BCUT2D eigenvalue weighted by Crippen LogP contribution is -2.19. The molecular weight excluding hydrogens is 431 g/mol. The average Bonchev–Trinajstić information content (AvgIpc) is 2.72. The SMILES string of the molecule is O=C(O)c1cccc(CCc2cccc(NS(=O)(=O)c3ccccc3C(F)(F)F)c2)c1. The van der Waals surface area contributed by atoms with E-state index < -0.39 is 32.6 Å². The lowest BCUT2D eigenvalue weighted by molar-refractivity contribution is -0.139. The molecule has 0 saturated heterocycles. The molecule has 9 heteroatoms. The molecule has 0 aliphatic carbocycles. The number of benzene rings is 3. The van der Waals surface area contributed by atoms with Gasteiger partial charge in [-0.1, -0.05) is 36.4 Å². The molecule has 0 spiro atoms. The summed E-state index contributed by atoms with van der Waals surface area (Å²) in [4.78, 5) is 10.2. The molecule has 0 aliphatic heterocycles. The van der Waals surface area contributed by atoms with Gasteiger partial charge in [0.2, 0.25) is 0 Å². The molecule has 0 unspecified atom stereocenters. The van der Waals surface area contributed by atoms with Crippen LogP contribution in [0.25, 0.3) is 0 Å². The van der Waals surface area contributed by atoms with Gasteiger partial charge in [-0.3, -0.25) is 4.72 Å². The zero-order valence-corrected chi connectivity index (χ0v) is 16.9. The Morgan fingerprint density at radius 2 is 1.48 bits per heavy atom. The van der Waals surface area contributed by atoms with Crippen LogP contribution in [0.5, 0.6) is 0 Å². The second-order valence-electron chi connectivity index (χ2n) is 6.81. The van der Waals surface area contributed by atoms with Gasteiger partial charge in [-0.05, 0) is 60.4 Å². The van der Waals surface area contributed by atoms with Gasteiger partial charge in [0.1, 0.15) is 0 Å². The van der Waals surface area contributed by atoms with Gasteiger partial charge in [0.25, 0.3) is 10.0 Å². The third kappa shape index (κ3) is 5.64. The minimum absolute atomic E-state index is 0.133. The van der Waals surface area contributed by atoms with E-state index in [1.165, 1.54) is 24.3 Å². The van der Waals surface area contributed by atoms with Gasteiger partial charge in [-0.25, -0.2) is 13.2 Å². The lowest BCUT2D eigenvalue weighted by Gasteiger charge is -2.14. The first-order chi connectivity index (χ1) is 14.6. The molecule has 0 amide bonds. The van der Waals surface area contributed by atoms with Gasteiger partial charge in [0.15, 0.2) is 0 Å². The first kappa shape index (κ1) is 22.4. The van der Waals surface area contributed by atoms with Crippen LogP contribution in [0, 0.1) is 0 Å². The molecule has 3 aromatic carbocycles. The van der Waals surface area contributed by atoms with Crippen molar-refractivity contribution in [1.82, 2.24) is 0 Å². The Bertz CT molecular complexity index is 1210. The highest BCUT2D eigenvalue weighted by Gasteiger charge is 2.36. The van der Waals surface area contributed by atoms with Gasteiger partial charge in [0, 0.05) is 5.69 Å². The maximum absolute atomic E-state index is 13.2. The number of aryl methyl sites for hydroxylation is 2. The van der Waals surface area contributed by atoms with Crippen molar-refractivity contribution in [3.8, 4) is 0 Å². The van der Waals surface area contributed by atoms with E-state index in [9.17, 15) is 26.4 Å². The van der Waals surface area contributed by atoms with Crippen molar-refractivity contribution in [1.29, 1.82) is 0 Å². The Labute approximate surface area is 177 Å². The number of alkyl halides is 3. The molecular formula is C22H18F3NO4S. The minimum Gasteiger partial charge on any atom is -0.478 e. The van der Waals surface area contributed by atoms with Crippen LogP contribution in [0.1, 0.15) is 27.0 Å². The molecule has 3 rings (SSSR count). The number of halogens is 3. The summed E-state index contributed by atoms with van der Waals surface area (Å²) in [5.41, 5.74) is 0.600. The van der Waals surface area contributed by atoms with Crippen LogP contribution in [-0.2, 0) is 29.0 Å². The predicted octanol–water partition coefficient (Wildman–Crippen LogP) is 4.99. The molecule has 0 atom stereocenters. The Morgan fingerprint density at radius 1 is 0.871 bits per heavy atom. The molecule has 0 aromatic heterocycles. The highest BCUT2D eigenvalue weighted by molar-refractivity contribution is 7.92. The summed E-state index contributed by atoms with van der Waals surface area (Å²) >= 11 is 0. The summed E-state index contributed by atoms with van der Waals surface area (Å²) in [6.07, 6.45) is -3.82. The molecule has 0 aliphatic rings. The van der Waals surface area contributed by atoms with E-state index in [0.29, 0.717) is 12.8 Å². The Balaban J connectivity index is 1.78. The normalized spacial score (nSPS) is 11.8. The number of carbonyl (C=O) groups is 1. The maximum atomic E-state index is 13.2. The molecule has 3 aromatic rings. The van der Waals surface area contributed by atoms with Gasteiger partial charge < -0.3 is 5.11 Å². The number of carboxylic acids is 1. The van der Waals surface area contributed by atoms with Crippen LogP contribution in [0.3, 0.4) is 0 Å². The zero-order chi connectivity index (χ0) is 22.6. The molecule has 0 saturated carbocycles. The molecule has 5 nitrogen and oxygen atoms in total. The second kappa shape index (κ2) is 8.81.